The molecular weight excluding hydrogens is 306 g/mol. The van der Waals surface area contributed by atoms with Crippen LogP contribution in [-0.4, -0.2) is 18.9 Å². The number of carbonyl (C=O) groups excluding carboxylic acids is 1. The van der Waals surface area contributed by atoms with Gasteiger partial charge in [-0.1, -0.05) is 15.5 Å². The fourth-order valence-corrected chi connectivity index (χ4v) is 3.56. The molecule has 1 heterocycles. The number of rotatable bonds is 4. The third kappa shape index (κ3) is 3.20. The molecule has 0 saturated heterocycles. The van der Waals surface area contributed by atoms with Gasteiger partial charge >= 0.3 is 0 Å². The second kappa shape index (κ2) is 6.19. The van der Waals surface area contributed by atoms with Gasteiger partial charge in [0, 0.05) is 10.5 Å². The molecule has 1 aromatic rings. The first-order valence-corrected chi connectivity index (χ1v) is 8.23. The molecular formula is C14H15N3O2S2. The number of allylic oxidation sites excluding steroid dienone is 2. The van der Waals surface area contributed by atoms with Crippen LogP contribution in [0.15, 0.2) is 45.8 Å². The molecule has 1 amide bonds. The van der Waals surface area contributed by atoms with Crippen molar-refractivity contribution in [3.8, 4) is 5.75 Å². The first kappa shape index (κ1) is 15.4. The van der Waals surface area contributed by atoms with E-state index >= 15 is 0 Å². The van der Waals surface area contributed by atoms with Crippen molar-refractivity contribution in [3.05, 3.63) is 51.4 Å². The first-order chi connectivity index (χ1) is 9.93. The zero-order chi connectivity index (χ0) is 15.6. The molecule has 0 aliphatic carbocycles. The van der Waals surface area contributed by atoms with Crippen LogP contribution in [0.25, 0.3) is 0 Å². The van der Waals surface area contributed by atoms with Crippen molar-refractivity contribution in [3.63, 3.8) is 0 Å². The number of methoxy groups -OCH3 is 1. The van der Waals surface area contributed by atoms with E-state index in [1.807, 2.05) is 6.92 Å². The van der Waals surface area contributed by atoms with Crippen LogP contribution in [0.1, 0.15) is 17.3 Å². The molecule has 0 fully saturated rings. The van der Waals surface area contributed by atoms with Gasteiger partial charge in [-0.3, -0.25) is 10.2 Å². The summed E-state index contributed by atoms with van der Waals surface area (Å²) in [6.07, 6.45) is 1.67. The Morgan fingerprint density at radius 3 is 2.76 bits per heavy atom. The molecule has 0 aromatic heterocycles. The van der Waals surface area contributed by atoms with E-state index < -0.39 is 9.45 Å². The number of benzene rings is 1. The molecule has 1 aliphatic heterocycles. The molecule has 1 aliphatic rings. The quantitative estimate of drug-likeness (QED) is 0.580. The van der Waals surface area contributed by atoms with Crippen LogP contribution in [0.4, 0.5) is 0 Å². The summed E-state index contributed by atoms with van der Waals surface area (Å²) >= 11 is 5.32. The number of hydrogen-bond donors (Lipinski definition) is 3. The lowest BCUT2D eigenvalue weighted by Gasteiger charge is -2.07. The van der Waals surface area contributed by atoms with Crippen LogP contribution in [0, 0.1) is 5.41 Å². The van der Waals surface area contributed by atoms with Crippen LogP contribution in [0.3, 0.4) is 0 Å². The third-order valence-electron chi connectivity index (χ3n) is 2.98. The highest BCUT2D eigenvalue weighted by Crippen LogP contribution is 2.25. The summed E-state index contributed by atoms with van der Waals surface area (Å²) < 4.78 is 5.10. The van der Waals surface area contributed by atoms with Crippen molar-refractivity contribution in [1.82, 2.24) is 5.32 Å². The predicted octanol–water partition coefficient (Wildman–Crippen LogP) is 1.57. The molecule has 1 aromatic carbocycles. The van der Waals surface area contributed by atoms with E-state index in [1.54, 1.807) is 37.5 Å². The molecule has 5 nitrogen and oxygen atoms in total. The molecule has 21 heavy (non-hydrogen) atoms. The standard InChI is InChI=1S/C14H15N3O2S2/c1-8-11(7-12(13(15)16)21(8)20)17-14(18)9-4-3-5-10(6-9)19-2/h3-7H,1-2H3,(H3,15,16)(H,17,18). The average molecular weight is 321 g/mol. The molecule has 2 rings (SSSR count). The van der Waals surface area contributed by atoms with Gasteiger partial charge in [0.25, 0.3) is 5.91 Å². The van der Waals surface area contributed by atoms with Crippen molar-refractivity contribution in [2.45, 2.75) is 6.92 Å². The number of amides is 1. The van der Waals surface area contributed by atoms with E-state index in [2.05, 4.69) is 5.32 Å². The summed E-state index contributed by atoms with van der Waals surface area (Å²) in [6.45, 7) is 1.84. The van der Waals surface area contributed by atoms with E-state index in [1.165, 1.54) is 0 Å². The van der Waals surface area contributed by atoms with Crippen LogP contribution >= 0.6 is 0 Å². The zero-order valence-corrected chi connectivity index (χ0v) is 13.2. The molecule has 0 saturated carbocycles. The van der Waals surface area contributed by atoms with Gasteiger partial charge in [0.15, 0.2) is 0 Å². The summed E-state index contributed by atoms with van der Waals surface area (Å²) in [5, 5.41) is 10.3. The Kier molecular flexibility index (Phi) is 4.54. The van der Waals surface area contributed by atoms with Gasteiger partial charge in [0.05, 0.1) is 17.7 Å². The molecule has 1 unspecified atom stereocenters. The summed E-state index contributed by atoms with van der Waals surface area (Å²) in [4.78, 5) is 13.7. The monoisotopic (exact) mass is 321 g/mol. The lowest BCUT2D eigenvalue weighted by atomic mass is 10.2. The molecule has 7 heteroatoms. The molecule has 1 atom stereocenters. The molecule has 0 radical (unpaired) electrons. The Balaban J connectivity index is 2.23. The van der Waals surface area contributed by atoms with Crippen molar-refractivity contribution >= 4 is 32.4 Å². The van der Waals surface area contributed by atoms with Crippen LogP contribution in [0.2, 0.25) is 0 Å². The topological polar surface area (TPSA) is 88.2 Å². The Morgan fingerprint density at radius 2 is 2.19 bits per heavy atom. The zero-order valence-electron chi connectivity index (χ0n) is 11.6. The van der Waals surface area contributed by atoms with E-state index in [9.17, 15) is 4.79 Å². The van der Waals surface area contributed by atoms with E-state index in [0.717, 1.165) is 4.91 Å². The smallest absolute Gasteiger partial charge is 0.255 e. The predicted molar refractivity (Wildman–Crippen MR) is 87.9 cm³/mol. The molecule has 110 valence electrons. The van der Waals surface area contributed by atoms with Crippen LogP contribution < -0.4 is 15.8 Å². The number of nitrogens with two attached hydrogens (primary N) is 1. The minimum atomic E-state index is -0.659. The molecule has 0 bridgehead atoms. The van der Waals surface area contributed by atoms with Gasteiger partial charge in [0.2, 0.25) is 0 Å². The second-order valence-electron chi connectivity index (χ2n) is 4.35. The van der Waals surface area contributed by atoms with Gasteiger partial charge in [-0.05, 0) is 42.4 Å². The van der Waals surface area contributed by atoms with Crippen LogP contribution in [0.5, 0.6) is 5.75 Å². The second-order valence-corrected chi connectivity index (χ2v) is 6.94. The number of amidine groups is 1. The van der Waals surface area contributed by atoms with Crippen molar-refractivity contribution in [2.24, 2.45) is 5.73 Å². The lowest BCUT2D eigenvalue weighted by molar-refractivity contribution is 0.0966. The summed E-state index contributed by atoms with van der Waals surface area (Å²) in [7, 11) is 0.888. The average Bonchev–Trinajstić information content (AvgIpc) is 2.76. The number of nitrogens with one attached hydrogen (secondary N) is 2. The molecule has 4 N–H and O–H groups in total. The summed E-state index contributed by atoms with van der Waals surface area (Å²) in [6, 6.07) is 6.87. The summed E-state index contributed by atoms with van der Waals surface area (Å²) in [5.41, 5.74) is 6.60. The minimum absolute atomic E-state index is 0.0571. The van der Waals surface area contributed by atoms with Gasteiger partial charge in [-0.15, -0.1) is 0 Å². The number of hydrogen-bond acceptors (Lipinski definition) is 4. The number of carbonyl (C=O) groups is 1. The Morgan fingerprint density at radius 1 is 1.48 bits per heavy atom. The Bertz CT molecular complexity index is 708. The van der Waals surface area contributed by atoms with Gasteiger partial charge in [-0.2, -0.15) is 0 Å². The molecule has 0 spiro atoms. The van der Waals surface area contributed by atoms with Gasteiger partial charge in [0.1, 0.15) is 11.6 Å². The normalized spacial score (nSPS) is 17.4. The van der Waals surface area contributed by atoms with E-state index in [4.69, 9.17) is 27.1 Å². The maximum atomic E-state index is 12.3. The van der Waals surface area contributed by atoms with Crippen molar-refractivity contribution in [2.75, 3.05) is 7.11 Å². The van der Waals surface area contributed by atoms with Crippen LogP contribution in [-0.2, 0) is 20.6 Å². The minimum Gasteiger partial charge on any atom is -0.497 e. The van der Waals surface area contributed by atoms with Gasteiger partial charge in [-0.25, -0.2) is 0 Å². The fourth-order valence-electron chi connectivity index (χ4n) is 1.81. The fraction of sp³-hybridized carbons (Fsp3) is 0.143. The largest absolute Gasteiger partial charge is 0.497 e. The van der Waals surface area contributed by atoms with Crippen molar-refractivity contribution < 1.29 is 9.53 Å². The Labute approximate surface area is 130 Å². The third-order valence-corrected chi connectivity index (χ3v) is 5.78. The van der Waals surface area contributed by atoms with E-state index in [0.29, 0.717) is 21.9 Å². The van der Waals surface area contributed by atoms with Gasteiger partial charge < -0.3 is 15.8 Å². The highest BCUT2D eigenvalue weighted by molar-refractivity contribution is 8.33. The first-order valence-electron chi connectivity index (χ1n) is 6.08. The summed E-state index contributed by atoms with van der Waals surface area (Å²) in [5.74, 6) is 0.303. The number of ether oxygens (including phenoxy) is 1. The Hall–Kier alpha value is -1.99. The highest BCUT2D eigenvalue weighted by atomic mass is 32.8. The highest BCUT2D eigenvalue weighted by Gasteiger charge is 2.21. The van der Waals surface area contributed by atoms with Crippen molar-refractivity contribution in [1.29, 1.82) is 5.41 Å². The SMILES string of the molecule is COc1cccc(C(=O)NC2=C(C)S(=S)C(C(=N)N)=C2)c1. The van der Waals surface area contributed by atoms with E-state index in [-0.39, 0.29) is 11.7 Å². The maximum absolute atomic E-state index is 12.3. The maximum Gasteiger partial charge on any atom is 0.255 e. The lowest BCUT2D eigenvalue weighted by Crippen LogP contribution is -2.22.